The van der Waals surface area contributed by atoms with E-state index in [0.717, 1.165) is 17.4 Å². The molecular formula is C16H15NO2. The van der Waals surface area contributed by atoms with Gasteiger partial charge < -0.3 is 5.32 Å². The van der Waals surface area contributed by atoms with Gasteiger partial charge in [0.15, 0.2) is 6.29 Å². The number of aryl methyl sites for hydroxylation is 2. The summed E-state index contributed by atoms with van der Waals surface area (Å²) in [5.41, 5.74) is 3.21. The number of carbonyl (C=O) groups excluding carboxylic acids is 2. The first kappa shape index (κ1) is 13.0. The summed E-state index contributed by atoms with van der Waals surface area (Å²) in [5, 5.41) is 2.80. The SMILES string of the molecule is Cc1ccc(C)c(C(=O)Nc2ccccc2)c1C=O. The maximum absolute atomic E-state index is 12.3. The number of hydrogen-bond donors (Lipinski definition) is 1. The lowest BCUT2D eigenvalue weighted by Crippen LogP contribution is -2.16. The Labute approximate surface area is 112 Å². The van der Waals surface area contributed by atoms with Crippen LogP contribution in [-0.2, 0) is 0 Å². The highest BCUT2D eigenvalue weighted by molar-refractivity contribution is 6.10. The number of carbonyl (C=O) groups is 2. The molecule has 2 rings (SSSR count). The highest BCUT2D eigenvalue weighted by Gasteiger charge is 2.16. The molecular weight excluding hydrogens is 238 g/mol. The van der Waals surface area contributed by atoms with Crippen LogP contribution in [0.2, 0.25) is 0 Å². The van der Waals surface area contributed by atoms with Crippen molar-refractivity contribution < 1.29 is 9.59 Å². The Hall–Kier alpha value is -2.42. The van der Waals surface area contributed by atoms with Gasteiger partial charge >= 0.3 is 0 Å². The summed E-state index contributed by atoms with van der Waals surface area (Å²) < 4.78 is 0. The molecule has 0 aliphatic rings. The van der Waals surface area contributed by atoms with Crippen LogP contribution in [0.25, 0.3) is 0 Å². The molecule has 2 aromatic rings. The normalized spacial score (nSPS) is 10.0. The Balaban J connectivity index is 2.39. The van der Waals surface area contributed by atoms with E-state index in [1.54, 1.807) is 0 Å². The van der Waals surface area contributed by atoms with Crippen LogP contribution in [0.1, 0.15) is 31.8 Å². The van der Waals surface area contributed by atoms with Crippen molar-refractivity contribution in [2.24, 2.45) is 0 Å². The van der Waals surface area contributed by atoms with Gasteiger partial charge in [-0.25, -0.2) is 0 Å². The van der Waals surface area contributed by atoms with Crippen LogP contribution in [0, 0.1) is 13.8 Å². The molecule has 0 atom stereocenters. The first-order chi connectivity index (χ1) is 9.13. The van der Waals surface area contributed by atoms with Crippen molar-refractivity contribution in [2.75, 3.05) is 5.32 Å². The highest BCUT2D eigenvalue weighted by atomic mass is 16.1. The summed E-state index contributed by atoms with van der Waals surface area (Å²) in [7, 11) is 0. The molecule has 1 N–H and O–H groups in total. The molecule has 0 saturated carbocycles. The number of nitrogens with one attached hydrogen (secondary N) is 1. The summed E-state index contributed by atoms with van der Waals surface area (Å²) >= 11 is 0. The molecule has 96 valence electrons. The zero-order valence-corrected chi connectivity index (χ0v) is 10.9. The van der Waals surface area contributed by atoms with Crippen molar-refractivity contribution in [2.45, 2.75) is 13.8 Å². The van der Waals surface area contributed by atoms with Crippen LogP contribution in [0.5, 0.6) is 0 Å². The molecule has 0 aromatic heterocycles. The smallest absolute Gasteiger partial charge is 0.256 e. The maximum Gasteiger partial charge on any atom is 0.256 e. The average molecular weight is 253 g/mol. The quantitative estimate of drug-likeness (QED) is 0.852. The van der Waals surface area contributed by atoms with Crippen LogP contribution >= 0.6 is 0 Å². The Morgan fingerprint density at radius 3 is 2.26 bits per heavy atom. The zero-order chi connectivity index (χ0) is 13.8. The van der Waals surface area contributed by atoms with Gasteiger partial charge in [-0.15, -0.1) is 0 Å². The Kier molecular flexibility index (Phi) is 3.76. The molecule has 0 fully saturated rings. The van der Waals surface area contributed by atoms with Gasteiger partial charge in [0, 0.05) is 11.3 Å². The molecule has 0 aliphatic heterocycles. The number of hydrogen-bond acceptors (Lipinski definition) is 2. The molecule has 0 heterocycles. The molecule has 0 aliphatic carbocycles. The topological polar surface area (TPSA) is 46.2 Å². The first-order valence-corrected chi connectivity index (χ1v) is 6.05. The van der Waals surface area contributed by atoms with Crippen molar-refractivity contribution >= 4 is 17.9 Å². The van der Waals surface area contributed by atoms with Gasteiger partial charge in [-0.1, -0.05) is 30.3 Å². The molecule has 0 unspecified atom stereocenters. The van der Waals surface area contributed by atoms with Crippen molar-refractivity contribution in [3.63, 3.8) is 0 Å². The summed E-state index contributed by atoms with van der Waals surface area (Å²) in [6.07, 6.45) is 0.738. The van der Waals surface area contributed by atoms with Crippen molar-refractivity contribution in [3.8, 4) is 0 Å². The largest absolute Gasteiger partial charge is 0.322 e. The first-order valence-electron chi connectivity index (χ1n) is 6.05. The molecule has 1 amide bonds. The number of rotatable bonds is 3. The second-order valence-electron chi connectivity index (χ2n) is 4.43. The molecule has 0 bridgehead atoms. The molecule has 0 radical (unpaired) electrons. The van der Waals surface area contributed by atoms with E-state index >= 15 is 0 Å². The fraction of sp³-hybridized carbons (Fsp3) is 0.125. The molecule has 0 spiro atoms. The minimum atomic E-state index is -0.255. The lowest BCUT2D eigenvalue weighted by atomic mass is 9.97. The average Bonchev–Trinajstić information content (AvgIpc) is 2.42. The predicted octanol–water partition coefficient (Wildman–Crippen LogP) is 3.37. The van der Waals surface area contributed by atoms with E-state index in [1.165, 1.54) is 0 Å². The third-order valence-corrected chi connectivity index (χ3v) is 3.05. The number of anilines is 1. The number of benzene rings is 2. The summed E-state index contributed by atoms with van der Waals surface area (Å²) in [6.45, 7) is 3.65. The van der Waals surface area contributed by atoms with Crippen LogP contribution in [0.3, 0.4) is 0 Å². The molecule has 2 aromatic carbocycles. The van der Waals surface area contributed by atoms with E-state index < -0.39 is 0 Å². The van der Waals surface area contributed by atoms with Crippen molar-refractivity contribution in [3.05, 3.63) is 64.7 Å². The minimum absolute atomic E-state index is 0.255. The van der Waals surface area contributed by atoms with E-state index in [-0.39, 0.29) is 5.91 Å². The second kappa shape index (κ2) is 5.48. The van der Waals surface area contributed by atoms with Crippen LogP contribution in [0.4, 0.5) is 5.69 Å². The number of para-hydroxylation sites is 1. The van der Waals surface area contributed by atoms with E-state index in [2.05, 4.69) is 5.32 Å². The Morgan fingerprint density at radius 1 is 1.00 bits per heavy atom. The molecule has 3 heteroatoms. The third-order valence-electron chi connectivity index (χ3n) is 3.05. The fourth-order valence-electron chi connectivity index (χ4n) is 2.00. The third kappa shape index (κ3) is 2.71. The standard InChI is InChI=1S/C16H15NO2/c1-11-8-9-12(2)15(14(11)10-18)16(19)17-13-6-4-3-5-7-13/h3-10H,1-2H3,(H,17,19). The van der Waals surface area contributed by atoms with E-state index in [0.29, 0.717) is 16.8 Å². The van der Waals surface area contributed by atoms with Gasteiger partial charge in [-0.05, 0) is 37.1 Å². The monoisotopic (exact) mass is 253 g/mol. The summed E-state index contributed by atoms with van der Waals surface area (Å²) in [5.74, 6) is -0.255. The predicted molar refractivity (Wildman–Crippen MR) is 75.7 cm³/mol. The van der Waals surface area contributed by atoms with Crippen molar-refractivity contribution in [1.82, 2.24) is 0 Å². The molecule has 3 nitrogen and oxygen atoms in total. The van der Waals surface area contributed by atoms with Gasteiger partial charge in [-0.2, -0.15) is 0 Å². The van der Waals surface area contributed by atoms with Crippen molar-refractivity contribution in [1.29, 1.82) is 0 Å². The molecule has 19 heavy (non-hydrogen) atoms. The summed E-state index contributed by atoms with van der Waals surface area (Å²) in [6, 6.07) is 12.9. The molecule has 0 saturated heterocycles. The lowest BCUT2D eigenvalue weighted by molar-refractivity contribution is 0.101. The number of amides is 1. The minimum Gasteiger partial charge on any atom is -0.322 e. The van der Waals surface area contributed by atoms with E-state index in [4.69, 9.17) is 0 Å². The van der Waals surface area contributed by atoms with E-state index in [9.17, 15) is 9.59 Å². The van der Waals surface area contributed by atoms with E-state index in [1.807, 2.05) is 56.3 Å². The fourth-order valence-corrected chi connectivity index (χ4v) is 2.00. The van der Waals surface area contributed by atoms with Gasteiger partial charge in [0.2, 0.25) is 0 Å². The van der Waals surface area contributed by atoms with Crippen LogP contribution < -0.4 is 5.32 Å². The van der Waals surface area contributed by atoms with Gasteiger partial charge in [0.1, 0.15) is 0 Å². The number of aldehydes is 1. The Bertz CT molecular complexity index is 618. The van der Waals surface area contributed by atoms with Gasteiger partial charge in [0.05, 0.1) is 5.56 Å². The second-order valence-corrected chi connectivity index (χ2v) is 4.43. The Morgan fingerprint density at radius 2 is 1.63 bits per heavy atom. The van der Waals surface area contributed by atoms with Gasteiger partial charge in [0.25, 0.3) is 5.91 Å². The van der Waals surface area contributed by atoms with Crippen LogP contribution in [-0.4, -0.2) is 12.2 Å². The lowest BCUT2D eigenvalue weighted by Gasteiger charge is -2.11. The summed E-state index contributed by atoms with van der Waals surface area (Å²) in [4.78, 5) is 23.5. The van der Waals surface area contributed by atoms with Gasteiger partial charge in [-0.3, -0.25) is 9.59 Å². The van der Waals surface area contributed by atoms with Crippen LogP contribution in [0.15, 0.2) is 42.5 Å². The highest BCUT2D eigenvalue weighted by Crippen LogP contribution is 2.18. The zero-order valence-electron chi connectivity index (χ0n) is 10.9. The maximum atomic E-state index is 12.3.